The predicted octanol–water partition coefficient (Wildman–Crippen LogP) is 3.03. The summed E-state index contributed by atoms with van der Waals surface area (Å²) in [5.41, 5.74) is 5.82. The van der Waals surface area contributed by atoms with E-state index in [-0.39, 0.29) is 49.7 Å². The Morgan fingerprint density at radius 2 is 1.84 bits per heavy atom. The smallest absolute Gasteiger partial charge is 0.382 e. The number of ketones is 1. The van der Waals surface area contributed by atoms with Crippen molar-refractivity contribution < 1.29 is 22.8 Å². The van der Waals surface area contributed by atoms with Crippen molar-refractivity contribution in [1.29, 1.82) is 0 Å². The van der Waals surface area contributed by atoms with Crippen molar-refractivity contribution >= 4 is 36.7 Å². The molecule has 2 N–H and O–H groups in total. The van der Waals surface area contributed by atoms with Gasteiger partial charge in [-0.15, -0.1) is 0 Å². The molecule has 0 saturated heterocycles. The van der Waals surface area contributed by atoms with Gasteiger partial charge in [-0.1, -0.05) is 0 Å². The topological polar surface area (TPSA) is 107 Å². The number of alkyl halides is 3. The number of aromatic nitrogens is 4. The Balaban J connectivity index is 0.00000289. The number of benzene rings is 1. The summed E-state index contributed by atoms with van der Waals surface area (Å²) in [6.07, 6.45) is -0.494. The highest BCUT2D eigenvalue weighted by Crippen LogP contribution is 2.33. The van der Waals surface area contributed by atoms with Crippen LogP contribution in [0.3, 0.4) is 0 Å². The van der Waals surface area contributed by atoms with Crippen molar-refractivity contribution in [3.05, 3.63) is 65.4 Å². The summed E-state index contributed by atoms with van der Waals surface area (Å²) in [5, 5.41) is 4.23. The summed E-state index contributed by atoms with van der Waals surface area (Å²) in [7, 11) is 0. The van der Waals surface area contributed by atoms with Crippen LogP contribution in [0.4, 0.5) is 24.7 Å². The normalized spacial score (nSPS) is 15.8. The van der Waals surface area contributed by atoms with Gasteiger partial charge in [0.1, 0.15) is 11.4 Å². The van der Waals surface area contributed by atoms with Crippen LogP contribution >= 0.6 is 13.5 Å². The molecule has 32 heavy (non-hydrogen) atoms. The van der Waals surface area contributed by atoms with Crippen molar-refractivity contribution in [2.75, 3.05) is 17.2 Å². The molecule has 0 spiro atoms. The minimum absolute atomic E-state index is 0. The molecule has 1 aliphatic heterocycles. The van der Waals surface area contributed by atoms with Crippen LogP contribution in [0.1, 0.15) is 45.1 Å². The highest BCUT2D eigenvalue weighted by atomic mass is 32.1. The van der Waals surface area contributed by atoms with Gasteiger partial charge in [-0.3, -0.25) is 14.3 Å². The van der Waals surface area contributed by atoms with Crippen LogP contribution in [0.5, 0.6) is 0 Å². The standard InChI is InChI=1S/C20H17F3N6O2.H2S/c1-11-10-28(14-4-2-13(3-5-14)20(21,22)23)19(31)17-12(9-27-29(11)17)8-15(30)16-18(24)26-7-6-25-16;/h2-7,9,11H,8,10H2,1H3,(H2,24,26);1H2/t11-;/m0./s1. The van der Waals surface area contributed by atoms with Crippen LogP contribution in [0.15, 0.2) is 42.9 Å². The number of hydrogen-bond donors (Lipinski definition) is 1. The van der Waals surface area contributed by atoms with E-state index in [1.165, 1.54) is 40.3 Å². The van der Waals surface area contributed by atoms with Crippen LogP contribution in [-0.2, 0) is 12.6 Å². The number of nitrogens with two attached hydrogens (primary N) is 1. The minimum atomic E-state index is -4.47. The lowest BCUT2D eigenvalue weighted by Gasteiger charge is -2.32. The minimum Gasteiger partial charge on any atom is -0.382 e. The molecule has 0 bridgehead atoms. The van der Waals surface area contributed by atoms with Gasteiger partial charge in [0.2, 0.25) is 0 Å². The number of anilines is 2. The second kappa shape index (κ2) is 8.61. The van der Waals surface area contributed by atoms with Gasteiger partial charge in [0, 0.05) is 36.6 Å². The number of carbonyl (C=O) groups excluding carboxylic acids is 2. The molecule has 1 aliphatic rings. The molecule has 1 atom stereocenters. The maximum absolute atomic E-state index is 13.2. The van der Waals surface area contributed by atoms with Gasteiger partial charge in [0.25, 0.3) is 5.91 Å². The van der Waals surface area contributed by atoms with Crippen LogP contribution in [0, 0.1) is 0 Å². The van der Waals surface area contributed by atoms with E-state index in [9.17, 15) is 22.8 Å². The summed E-state index contributed by atoms with van der Waals surface area (Å²) < 4.78 is 40.1. The molecule has 3 heterocycles. The molecule has 0 fully saturated rings. The van der Waals surface area contributed by atoms with Crippen molar-refractivity contribution in [2.24, 2.45) is 0 Å². The first-order valence-corrected chi connectivity index (χ1v) is 9.32. The molecule has 1 amide bonds. The first-order valence-electron chi connectivity index (χ1n) is 9.32. The Labute approximate surface area is 187 Å². The highest BCUT2D eigenvalue weighted by Gasteiger charge is 2.35. The molecule has 0 unspecified atom stereocenters. The largest absolute Gasteiger partial charge is 0.416 e. The number of nitrogens with zero attached hydrogens (tertiary/aromatic N) is 5. The Kier molecular flexibility index (Phi) is 6.26. The van der Waals surface area contributed by atoms with Gasteiger partial charge < -0.3 is 10.6 Å². The molecule has 0 radical (unpaired) electrons. The number of amides is 1. The zero-order chi connectivity index (χ0) is 22.3. The molecule has 168 valence electrons. The first kappa shape index (κ1) is 23.3. The van der Waals surface area contributed by atoms with E-state index in [1.807, 2.05) is 6.92 Å². The summed E-state index contributed by atoms with van der Waals surface area (Å²) >= 11 is 0. The monoisotopic (exact) mass is 464 g/mol. The second-order valence-electron chi connectivity index (χ2n) is 7.16. The van der Waals surface area contributed by atoms with E-state index in [1.54, 1.807) is 0 Å². The molecular formula is C20H19F3N6O2S. The quantitative estimate of drug-likeness (QED) is 0.595. The van der Waals surface area contributed by atoms with E-state index in [4.69, 9.17) is 5.73 Å². The third-order valence-corrected chi connectivity index (χ3v) is 5.03. The second-order valence-corrected chi connectivity index (χ2v) is 7.16. The Bertz CT molecular complexity index is 1160. The lowest BCUT2D eigenvalue weighted by atomic mass is 10.0. The zero-order valence-corrected chi connectivity index (χ0v) is 17.8. The van der Waals surface area contributed by atoms with E-state index in [0.29, 0.717) is 11.3 Å². The highest BCUT2D eigenvalue weighted by molar-refractivity contribution is 7.59. The molecule has 3 aromatic rings. The zero-order valence-electron chi connectivity index (χ0n) is 16.8. The van der Waals surface area contributed by atoms with E-state index < -0.39 is 23.4 Å². The molecule has 8 nitrogen and oxygen atoms in total. The first-order chi connectivity index (χ1) is 14.7. The Morgan fingerprint density at radius 1 is 1.19 bits per heavy atom. The molecule has 12 heteroatoms. The number of hydrogen-bond acceptors (Lipinski definition) is 6. The Morgan fingerprint density at radius 3 is 2.47 bits per heavy atom. The fourth-order valence-electron chi connectivity index (χ4n) is 3.52. The van der Waals surface area contributed by atoms with Gasteiger partial charge in [0.15, 0.2) is 11.6 Å². The van der Waals surface area contributed by atoms with Crippen molar-refractivity contribution in [3.8, 4) is 0 Å². The average Bonchev–Trinajstić information content (AvgIpc) is 3.15. The third kappa shape index (κ3) is 4.17. The maximum Gasteiger partial charge on any atom is 0.416 e. The van der Waals surface area contributed by atoms with Gasteiger partial charge >= 0.3 is 6.18 Å². The molecular weight excluding hydrogens is 445 g/mol. The lowest BCUT2D eigenvalue weighted by molar-refractivity contribution is -0.137. The SMILES string of the molecule is C[C@H]1CN(c2ccc(C(F)(F)F)cc2)C(=O)c2c(CC(=O)c3nccnc3N)cnn21.S. The van der Waals surface area contributed by atoms with Crippen LogP contribution in [-0.4, -0.2) is 38.0 Å². The van der Waals surface area contributed by atoms with E-state index in [2.05, 4.69) is 15.1 Å². The van der Waals surface area contributed by atoms with Crippen molar-refractivity contribution in [3.63, 3.8) is 0 Å². The summed E-state index contributed by atoms with van der Waals surface area (Å²) in [6.45, 7) is 2.05. The molecule has 0 saturated carbocycles. The van der Waals surface area contributed by atoms with E-state index >= 15 is 0 Å². The van der Waals surface area contributed by atoms with Crippen molar-refractivity contribution in [1.82, 2.24) is 19.7 Å². The number of halogens is 3. The molecule has 4 rings (SSSR count). The number of carbonyl (C=O) groups is 2. The van der Waals surface area contributed by atoms with Gasteiger partial charge in [-0.2, -0.15) is 31.8 Å². The lowest BCUT2D eigenvalue weighted by Crippen LogP contribution is -2.43. The van der Waals surface area contributed by atoms with Crippen LogP contribution in [0.25, 0.3) is 0 Å². The fraction of sp³-hybridized carbons (Fsp3) is 0.250. The fourth-order valence-corrected chi connectivity index (χ4v) is 3.52. The molecule has 1 aromatic carbocycles. The summed E-state index contributed by atoms with van der Waals surface area (Å²) in [5.74, 6) is -0.890. The molecule has 2 aromatic heterocycles. The average molecular weight is 464 g/mol. The molecule has 0 aliphatic carbocycles. The maximum atomic E-state index is 13.2. The third-order valence-electron chi connectivity index (χ3n) is 5.03. The number of nitrogen functional groups attached to an aromatic ring is 1. The number of fused-ring (bicyclic) bond motifs is 1. The van der Waals surface area contributed by atoms with Crippen LogP contribution in [0.2, 0.25) is 0 Å². The summed E-state index contributed by atoms with van der Waals surface area (Å²) in [6, 6.07) is 4.12. The number of Topliss-reactive ketones (excluding diaryl/α,β-unsaturated/α-hetero) is 1. The van der Waals surface area contributed by atoms with Gasteiger partial charge in [0.05, 0.1) is 17.8 Å². The predicted molar refractivity (Wildman–Crippen MR) is 115 cm³/mol. The van der Waals surface area contributed by atoms with Gasteiger partial charge in [-0.05, 0) is 31.2 Å². The van der Waals surface area contributed by atoms with Gasteiger partial charge in [-0.25, -0.2) is 9.97 Å². The van der Waals surface area contributed by atoms with E-state index in [0.717, 1.165) is 12.1 Å². The number of rotatable bonds is 4. The summed E-state index contributed by atoms with van der Waals surface area (Å²) in [4.78, 5) is 35.0. The Hall–Kier alpha value is -3.41. The van der Waals surface area contributed by atoms with Crippen LogP contribution < -0.4 is 10.6 Å². The van der Waals surface area contributed by atoms with Crippen molar-refractivity contribution in [2.45, 2.75) is 25.6 Å².